The van der Waals surface area contributed by atoms with E-state index in [-0.39, 0.29) is 13.1 Å². The molecule has 0 aliphatic carbocycles. The van der Waals surface area contributed by atoms with Gasteiger partial charge in [0.1, 0.15) is 0 Å². The molecule has 0 bridgehead atoms. The Kier molecular flexibility index (Phi) is 6.25. The topological polar surface area (TPSA) is 15.3 Å². The Hall–Kier alpha value is -0.500. The van der Waals surface area contributed by atoms with Gasteiger partial charge in [-0.15, -0.1) is 0 Å². The third kappa shape index (κ3) is 9.22. The van der Waals surface area contributed by atoms with Crippen molar-refractivity contribution >= 4 is 0 Å². The highest BCUT2D eigenvalue weighted by Crippen LogP contribution is 2.18. The number of hydrogen-bond donors (Lipinski definition) is 1. The third-order valence-corrected chi connectivity index (χ3v) is 2.18. The van der Waals surface area contributed by atoms with Crippen molar-refractivity contribution in [1.29, 1.82) is 0 Å². The molecule has 0 aromatic rings. The second-order valence-corrected chi connectivity index (χ2v) is 3.77. The second kappa shape index (κ2) is 6.44. The van der Waals surface area contributed by atoms with E-state index in [1.165, 1.54) is 13.8 Å². The third-order valence-electron chi connectivity index (χ3n) is 2.18. The minimum absolute atomic E-state index is 0.133. The number of rotatable bonds is 6. The van der Waals surface area contributed by atoms with Crippen molar-refractivity contribution in [2.24, 2.45) is 0 Å². The van der Waals surface area contributed by atoms with E-state index < -0.39 is 31.5 Å². The lowest BCUT2D eigenvalue weighted by Gasteiger charge is -2.28. The summed E-state index contributed by atoms with van der Waals surface area (Å²) in [5, 5.41) is 2.09. The molecule has 0 rings (SSSR count). The Morgan fingerprint density at radius 3 is 1.94 bits per heavy atom. The molecule has 0 aliphatic heterocycles. The molecular weight excluding hydrogens is 250 g/mol. The van der Waals surface area contributed by atoms with Gasteiger partial charge in [0.05, 0.1) is 13.1 Å². The van der Waals surface area contributed by atoms with Crippen LogP contribution in [-0.4, -0.2) is 49.5 Å². The summed E-state index contributed by atoms with van der Waals surface area (Å²) in [5.41, 5.74) is 0. The van der Waals surface area contributed by atoms with Crippen molar-refractivity contribution in [3.05, 3.63) is 0 Å². The van der Waals surface area contributed by atoms with Crippen LogP contribution >= 0.6 is 0 Å². The zero-order valence-corrected chi connectivity index (χ0v) is 9.62. The van der Waals surface area contributed by atoms with Crippen LogP contribution in [0, 0.1) is 0 Å². The van der Waals surface area contributed by atoms with Crippen molar-refractivity contribution in [3.8, 4) is 0 Å². The molecular formula is C9H16F6N2. The van der Waals surface area contributed by atoms with Crippen molar-refractivity contribution in [2.45, 2.75) is 32.2 Å². The van der Waals surface area contributed by atoms with E-state index in [0.717, 1.165) is 4.90 Å². The molecule has 2 nitrogen and oxygen atoms in total. The predicted molar refractivity (Wildman–Crippen MR) is 51.7 cm³/mol. The fourth-order valence-corrected chi connectivity index (χ4v) is 1.36. The standard InChI is InChI=1S/C9H16F6N2/c1-3-17(6-9(13,14)15)7(2)4-16-5-8(10,11)12/h7,16H,3-6H2,1-2H3. The monoisotopic (exact) mass is 266 g/mol. The van der Waals surface area contributed by atoms with Crippen LogP contribution in [0.5, 0.6) is 0 Å². The Morgan fingerprint density at radius 2 is 1.59 bits per heavy atom. The first kappa shape index (κ1) is 16.5. The van der Waals surface area contributed by atoms with Gasteiger partial charge in [0.2, 0.25) is 0 Å². The van der Waals surface area contributed by atoms with Crippen molar-refractivity contribution in [2.75, 3.05) is 26.2 Å². The van der Waals surface area contributed by atoms with E-state index in [2.05, 4.69) is 5.32 Å². The average Bonchev–Trinajstić information content (AvgIpc) is 2.10. The molecule has 0 amide bonds. The smallest absolute Gasteiger partial charge is 0.307 e. The maximum Gasteiger partial charge on any atom is 0.401 e. The quantitative estimate of drug-likeness (QED) is 0.743. The fourth-order valence-electron chi connectivity index (χ4n) is 1.36. The number of hydrogen-bond acceptors (Lipinski definition) is 2. The van der Waals surface area contributed by atoms with Gasteiger partial charge in [-0.2, -0.15) is 26.3 Å². The average molecular weight is 266 g/mol. The lowest BCUT2D eigenvalue weighted by Crippen LogP contribution is -2.46. The van der Waals surface area contributed by atoms with Crippen molar-refractivity contribution in [1.82, 2.24) is 10.2 Å². The summed E-state index contributed by atoms with van der Waals surface area (Å²) in [7, 11) is 0. The van der Waals surface area contributed by atoms with E-state index in [9.17, 15) is 26.3 Å². The molecule has 0 heterocycles. The van der Waals surface area contributed by atoms with E-state index in [4.69, 9.17) is 0 Å². The summed E-state index contributed by atoms with van der Waals surface area (Å²) in [6.07, 6.45) is -8.69. The number of halogens is 6. The Bertz CT molecular complexity index is 213. The Balaban J connectivity index is 4.05. The maximum atomic E-state index is 12.1. The molecule has 1 atom stereocenters. The van der Waals surface area contributed by atoms with E-state index in [1.807, 2.05) is 0 Å². The summed E-state index contributed by atoms with van der Waals surface area (Å²) in [4.78, 5) is 1.07. The highest BCUT2D eigenvalue weighted by atomic mass is 19.4. The lowest BCUT2D eigenvalue weighted by molar-refractivity contribution is -0.150. The molecule has 0 aromatic heterocycles. The predicted octanol–water partition coefficient (Wildman–Crippen LogP) is 2.41. The van der Waals surface area contributed by atoms with Crippen LogP contribution in [0.25, 0.3) is 0 Å². The fraction of sp³-hybridized carbons (Fsp3) is 1.00. The van der Waals surface area contributed by atoms with E-state index in [0.29, 0.717) is 0 Å². The van der Waals surface area contributed by atoms with Crippen LogP contribution in [0.3, 0.4) is 0 Å². The highest BCUT2D eigenvalue weighted by Gasteiger charge is 2.32. The summed E-state index contributed by atoms with van der Waals surface area (Å²) in [6.45, 7) is 0.682. The van der Waals surface area contributed by atoms with Crippen LogP contribution < -0.4 is 5.32 Å². The Morgan fingerprint density at radius 1 is 1.06 bits per heavy atom. The summed E-state index contributed by atoms with van der Waals surface area (Å²) >= 11 is 0. The molecule has 0 fully saturated rings. The van der Waals surface area contributed by atoms with Gasteiger partial charge < -0.3 is 5.32 Å². The van der Waals surface area contributed by atoms with Gasteiger partial charge in [-0.05, 0) is 13.5 Å². The van der Waals surface area contributed by atoms with Gasteiger partial charge in [-0.1, -0.05) is 6.92 Å². The molecule has 1 unspecified atom stereocenters. The van der Waals surface area contributed by atoms with Gasteiger partial charge >= 0.3 is 12.4 Å². The molecule has 0 spiro atoms. The summed E-state index contributed by atoms with van der Waals surface area (Å²) < 4.78 is 71.8. The van der Waals surface area contributed by atoms with Gasteiger partial charge in [0.25, 0.3) is 0 Å². The second-order valence-electron chi connectivity index (χ2n) is 3.77. The van der Waals surface area contributed by atoms with Crippen LogP contribution in [0.4, 0.5) is 26.3 Å². The van der Waals surface area contributed by atoms with Crippen molar-refractivity contribution in [3.63, 3.8) is 0 Å². The van der Waals surface area contributed by atoms with Gasteiger partial charge in [-0.25, -0.2) is 0 Å². The molecule has 0 aromatic carbocycles. The van der Waals surface area contributed by atoms with Gasteiger partial charge in [0.15, 0.2) is 0 Å². The molecule has 0 saturated heterocycles. The molecule has 8 heteroatoms. The first-order valence-corrected chi connectivity index (χ1v) is 5.13. The van der Waals surface area contributed by atoms with Crippen molar-refractivity contribution < 1.29 is 26.3 Å². The van der Waals surface area contributed by atoms with Gasteiger partial charge in [-0.3, -0.25) is 4.90 Å². The number of nitrogens with one attached hydrogen (secondary N) is 1. The Labute approximate surface area is 96.0 Å². The largest absolute Gasteiger partial charge is 0.401 e. The SMILES string of the molecule is CCN(CC(F)(F)F)C(C)CNCC(F)(F)F. The zero-order chi connectivity index (χ0) is 13.7. The number of nitrogens with zero attached hydrogens (tertiary/aromatic N) is 1. The minimum Gasteiger partial charge on any atom is -0.307 e. The first-order valence-electron chi connectivity index (χ1n) is 5.13. The molecule has 104 valence electrons. The molecule has 0 aliphatic rings. The lowest BCUT2D eigenvalue weighted by atomic mass is 10.2. The summed E-state index contributed by atoms with van der Waals surface area (Å²) in [5.74, 6) is 0. The van der Waals surface area contributed by atoms with Crippen LogP contribution in [0.2, 0.25) is 0 Å². The molecule has 0 radical (unpaired) electrons. The summed E-state index contributed by atoms with van der Waals surface area (Å²) in [6, 6.07) is -0.607. The minimum atomic E-state index is -4.35. The number of likely N-dealkylation sites (N-methyl/N-ethyl adjacent to an activating group) is 1. The highest BCUT2D eigenvalue weighted by molar-refractivity contribution is 4.72. The van der Waals surface area contributed by atoms with Crippen LogP contribution in [0.1, 0.15) is 13.8 Å². The van der Waals surface area contributed by atoms with E-state index >= 15 is 0 Å². The zero-order valence-electron chi connectivity index (χ0n) is 9.62. The molecule has 1 N–H and O–H groups in total. The first-order chi connectivity index (χ1) is 7.55. The van der Waals surface area contributed by atoms with E-state index in [1.54, 1.807) is 0 Å². The number of alkyl halides is 6. The molecule has 0 saturated carbocycles. The molecule has 17 heavy (non-hydrogen) atoms. The van der Waals surface area contributed by atoms with Gasteiger partial charge in [0, 0.05) is 12.6 Å². The maximum absolute atomic E-state index is 12.1. The van der Waals surface area contributed by atoms with Crippen LogP contribution in [0.15, 0.2) is 0 Å². The normalized spacial score (nSPS) is 15.4. The van der Waals surface area contributed by atoms with Crippen LogP contribution in [-0.2, 0) is 0 Å².